The van der Waals surface area contributed by atoms with E-state index >= 15 is 0 Å². The zero-order chi connectivity index (χ0) is 45.5. The summed E-state index contributed by atoms with van der Waals surface area (Å²) in [7, 11) is 0. The van der Waals surface area contributed by atoms with Gasteiger partial charge in [0.05, 0.1) is 21.9 Å². The van der Waals surface area contributed by atoms with Crippen molar-refractivity contribution in [1.29, 1.82) is 0 Å². The molecule has 2 aromatic heterocycles. The maximum atomic E-state index is 5.55. The summed E-state index contributed by atoms with van der Waals surface area (Å²) in [6.07, 6.45) is 0. The average molecular weight is 879 g/mol. The van der Waals surface area contributed by atoms with Gasteiger partial charge in [-0.3, -0.25) is 0 Å². The van der Waals surface area contributed by atoms with Gasteiger partial charge < -0.3 is 4.57 Å². The molecular formula is C65H42N4. The molecule has 0 saturated heterocycles. The van der Waals surface area contributed by atoms with Gasteiger partial charge in [-0.25, -0.2) is 15.0 Å². The summed E-state index contributed by atoms with van der Waals surface area (Å²) in [4.78, 5) is 16.3. The van der Waals surface area contributed by atoms with Crippen molar-refractivity contribution in [2.45, 2.75) is 10.8 Å². The Morgan fingerprint density at radius 2 is 0.768 bits per heavy atom. The smallest absolute Gasteiger partial charge is 0.164 e. The molecule has 0 aliphatic heterocycles. The molecule has 0 radical (unpaired) electrons. The minimum Gasteiger partial charge on any atom is -0.309 e. The molecule has 2 heterocycles. The van der Waals surface area contributed by atoms with E-state index < -0.39 is 10.8 Å². The first-order valence-corrected chi connectivity index (χ1v) is 23.7. The number of hydrogen-bond acceptors (Lipinski definition) is 3. The SMILES string of the molecule is c1ccc(-c2nc(-c3ccc4c(c3)c3ccccc3n4-c3ccccc3)nc(-c3ccccc3C3(c4ccccc4)c4ccccc4C4(c5ccccc5)c5ccccc5-c5cccc3c54)n2)cc1. The quantitative estimate of drug-likeness (QED) is 0.160. The van der Waals surface area contributed by atoms with Crippen molar-refractivity contribution in [2.24, 2.45) is 0 Å². The van der Waals surface area contributed by atoms with Crippen LogP contribution in [0.4, 0.5) is 0 Å². The zero-order valence-corrected chi connectivity index (χ0v) is 37.5. The Balaban J connectivity index is 1.06. The van der Waals surface area contributed by atoms with E-state index in [0.717, 1.165) is 44.4 Å². The summed E-state index contributed by atoms with van der Waals surface area (Å²) in [5.74, 6) is 1.85. The van der Waals surface area contributed by atoms with Crippen LogP contribution in [-0.2, 0) is 10.8 Å². The van der Waals surface area contributed by atoms with E-state index in [1.807, 2.05) is 18.2 Å². The van der Waals surface area contributed by atoms with Crippen molar-refractivity contribution in [3.8, 4) is 51.0 Å². The molecule has 322 valence electrons. The van der Waals surface area contributed by atoms with Crippen molar-refractivity contribution in [3.05, 3.63) is 299 Å². The molecule has 0 fully saturated rings. The number of rotatable bonds is 7. The zero-order valence-electron chi connectivity index (χ0n) is 37.5. The third-order valence-electron chi connectivity index (χ3n) is 14.8. The fraction of sp³-hybridized carbons (Fsp3) is 0.0308. The highest BCUT2D eigenvalue weighted by Gasteiger charge is 2.58. The standard InChI is InChI=1S/C65H42N4/c1-5-22-43(23-6-1)61-66-62(44-40-41-59-52(42-44)49-31-15-20-39-58(49)69(59)47-28-11-4-12-29-47)68-63(67-61)51-32-14-17-35-54(51)64(45-24-7-2-8-25-45)55-36-18-19-37-56(55)65(46-26-9-3-10-27-46)53-34-16-13-30-48(53)50-33-21-38-57(64)60(50)65/h1-42H. The molecule has 69 heavy (non-hydrogen) atoms. The second-order valence-electron chi connectivity index (χ2n) is 18.2. The highest BCUT2D eigenvalue weighted by molar-refractivity contribution is 6.10. The summed E-state index contributed by atoms with van der Waals surface area (Å²) in [6, 6.07) is 92.4. The molecule has 2 atom stereocenters. The molecule has 2 aliphatic carbocycles. The maximum absolute atomic E-state index is 5.55. The van der Waals surface area contributed by atoms with Crippen LogP contribution in [0.2, 0.25) is 0 Å². The summed E-state index contributed by atoms with van der Waals surface area (Å²) in [5.41, 5.74) is 17.3. The predicted molar refractivity (Wildman–Crippen MR) is 280 cm³/mol. The number of aromatic nitrogens is 4. The van der Waals surface area contributed by atoms with Crippen molar-refractivity contribution in [3.63, 3.8) is 0 Å². The Hall–Kier alpha value is -8.99. The van der Waals surface area contributed by atoms with Crippen LogP contribution in [0, 0.1) is 0 Å². The monoisotopic (exact) mass is 878 g/mol. The molecule has 2 aliphatic rings. The summed E-state index contributed by atoms with van der Waals surface area (Å²) in [6.45, 7) is 0. The van der Waals surface area contributed by atoms with Crippen LogP contribution in [0.5, 0.6) is 0 Å². The van der Waals surface area contributed by atoms with E-state index in [1.54, 1.807) is 0 Å². The first-order chi connectivity index (χ1) is 34.2. The molecule has 14 rings (SSSR count). The Morgan fingerprint density at radius 3 is 1.48 bits per heavy atom. The van der Waals surface area contributed by atoms with E-state index in [0.29, 0.717) is 17.5 Å². The van der Waals surface area contributed by atoms with E-state index in [1.165, 1.54) is 55.5 Å². The van der Waals surface area contributed by atoms with Gasteiger partial charge in [0.25, 0.3) is 0 Å². The van der Waals surface area contributed by atoms with Crippen molar-refractivity contribution in [2.75, 3.05) is 0 Å². The van der Waals surface area contributed by atoms with Gasteiger partial charge in [0, 0.05) is 33.2 Å². The molecule has 0 spiro atoms. The normalized spacial score (nSPS) is 16.5. The molecular weight excluding hydrogens is 837 g/mol. The van der Waals surface area contributed by atoms with Crippen LogP contribution in [0.15, 0.2) is 255 Å². The number of hydrogen-bond donors (Lipinski definition) is 0. The molecule has 12 aromatic rings. The van der Waals surface area contributed by atoms with Crippen LogP contribution in [0.3, 0.4) is 0 Å². The number of fused-ring (bicyclic) bond motifs is 8. The van der Waals surface area contributed by atoms with Gasteiger partial charge in [-0.15, -0.1) is 0 Å². The fourth-order valence-corrected chi connectivity index (χ4v) is 12.1. The van der Waals surface area contributed by atoms with Crippen LogP contribution in [-0.4, -0.2) is 19.5 Å². The van der Waals surface area contributed by atoms with Crippen LogP contribution < -0.4 is 0 Å². The third kappa shape index (κ3) is 5.54. The van der Waals surface area contributed by atoms with Gasteiger partial charge in [-0.1, -0.05) is 218 Å². The van der Waals surface area contributed by atoms with E-state index in [-0.39, 0.29) is 0 Å². The van der Waals surface area contributed by atoms with Gasteiger partial charge >= 0.3 is 0 Å². The van der Waals surface area contributed by atoms with Gasteiger partial charge in [0.2, 0.25) is 0 Å². The first-order valence-electron chi connectivity index (χ1n) is 23.7. The van der Waals surface area contributed by atoms with Crippen molar-refractivity contribution in [1.82, 2.24) is 19.5 Å². The lowest BCUT2D eigenvalue weighted by molar-refractivity contribution is 0.627. The third-order valence-corrected chi connectivity index (χ3v) is 14.8. The summed E-state index contributed by atoms with van der Waals surface area (Å²) >= 11 is 0. The van der Waals surface area contributed by atoms with E-state index in [4.69, 9.17) is 15.0 Å². The van der Waals surface area contributed by atoms with Crippen LogP contribution in [0.1, 0.15) is 44.5 Å². The molecule has 10 aromatic carbocycles. The minimum absolute atomic E-state index is 0.559. The number of benzene rings is 10. The van der Waals surface area contributed by atoms with Gasteiger partial charge in [-0.05, 0) is 92.0 Å². The van der Waals surface area contributed by atoms with Gasteiger partial charge in [0.1, 0.15) is 0 Å². The second-order valence-corrected chi connectivity index (χ2v) is 18.2. The molecule has 4 nitrogen and oxygen atoms in total. The largest absolute Gasteiger partial charge is 0.309 e. The lowest BCUT2D eigenvalue weighted by Gasteiger charge is -2.50. The molecule has 0 N–H and O–H groups in total. The second kappa shape index (κ2) is 15.3. The maximum Gasteiger partial charge on any atom is 0.164 e. The molecule has 4 heteroatoms. The molecule has 0 bridgehead atoms. The van der Waals surface area contributed by atoms with Crippen molar-refractivity contribution >= 4 is 21.8 Å². The topological polar surface area (TPSA) is 43.6 Å². The van der Waals surface area contributed by atoms with E-state index in [9.17, 15) is 0 Å². The van der Waals surface area contributed by atoms with Gasteiger partial charge in [0.15, 0.2) is 17.5 Å². The fourth-order valence-electron chi connectivity index (χ4n) is 12.1. The van der Waals surface area contributed by atoms with Crippen molar-refractivity contribution < 1.29 is 0 Å². The molecule has 2 unspecified atom stereocenters. The highest BCUT2D eigenvalue weighted by Crippen LogP contribution is 2.66. The van der Waals surface area contributed by atoms with Crippen LogP contribution >= 0.6 is 0 Å². The lowest BCUT2D eigenvalue weighted by atomic mass is 9.51. The summed E-state index contributed by atoms with van der Waals surface area (Å²) in [5, 5.41) is 2.31. The Bertz CT molecular complexity index is 3960. The van der Waals surface area contributed by atoms with E-state index in [2.05, 4.69) is 241 Å². The van der Waals surface area contributed by atoms with Gasteiger partial charge in [-0.2, -0.15) is 0 Å². The molecule has 0 amide bonds. The predicted octanol–water partition coefficient (Wildman–Crippen LogP) is 15.0. The Morgan fingerprint density at radius 1 is 0.290 bits per heavy atom. The Labute approximate surface area is 400 Å². The average Bonchev–Trinajstić information content (AvgIpc) is 3.93. The first kappa shape index (κ1) is 39.2. The highest BCUT2D eigenvalue weighted by atomic mass is 15.0. The Kier molecular flexibility index (Phi) is 8.68. The number of para-hydroxylation sites is 2. The lowest BCUT2D eigenvalue weighted by Crippen LogP contribution is -2.44. The minimum atomic E-state index is -0.794. The van der Waals surface area contributed by atoms with Crippen LogP contribution in [0.25, 0.3) is 72.8 Å². The molecule has 0 saturated carbocycles. The summed E-state index contributed by atoms with van der Waals surface area (Å²) < 4.78 is 2.34. The number of nitrogens with zero attached hydrogens (tertiary/aromatic N) is 4.